The van der Waals surface area contributed by atoms with E-state index in [9.17, 15) is 9.59 Å². The third-order valence-electron chi connectivity index (χ3n) is 1.72. The molecule has 0 amide bonds. The van der Waals surface area contributed by atoms with E-state index >= 15 is 0 Å². The Hall–Kier alpha value is -2.24. The summed E-state index contributed by atoms with van der Waals surface area (Å²) in [4.78, 5) is 25.0. The van der Waals surface area contributed by atoms with Crippen LogP contribution in [0, 0.1) is 0 Å². The first-order valence-corrected chi connectivity index (χ1v) is 3.75. The first-order valence-electron chi connectivity index (χ1n) is 3.75. The molecule has 0 aliphatic carbocycles. The van der Waals surface area contributed by atoms with Crippen LogP contribution >= 0.6 is 0 Å². The molecule has 0 fully saturated rings. The molecular weight excluding hydrogens is 186 g/mol. The Bertz CT molecular complexity index is 518. The van der Waals surface area contributed by atoms with Crippen LogP contribution in [0.15, 0.2) is 18.3 Å². The van der Waals surface area contributed by atoms with Crippen LogP contribution in [-0.4, -0.2) is 32.0 Å². The molecule has 2 aromatic rings. The summed E-state index contributed by atoms with van der Waals surface area (Å²) in [7, 11) is 0. The van der Waals surface area contributed by atoms with E-state index in [1.165, 1.54) is 18.3 Å². The van der Waals surface area contributed by atoms with Gasteiger partial charge in [0.25, 0.3) is 0 Å². The zero-order valence-corrected chi connectivity index (χ0v) is 6.91. The van der Waals surface area contributed by atoms with Crippen molar-refractivity contribution in [2.24, 2.45) is 0 Å². The summed E-state index contributed by atoms with van der Waals surface area (Å²) in [6, 6.07) is 2.73. The Morgan fingerprint density at radius 3 is 3.00 bits per heavy atom. The molecule has 0 saturated heterocycles. The Balaban J connectivity index is 2.79. The fourth-order valence-corrected chi connectivity index (χ4v) is 1.13. The topological polar surface area (TPSA) is 84.6 Å². The quantitative estimate of drug-likeness (QED) is 0.687. The van der Waals surface area contributed by atoms with Crippen LogP contribution in [0.2, 0.25) is 0 Å². The third-order valence-corrected chi connectivity index (χ3v) is 1.72. The maximum atomic E-state index is 10.7. The van der Waals surface area contributed by atoms with E-state index in [0.717, 1.165) is 4.52 Å². The van der Waals surface area contributed by atoms with Gasteiger partial charge in [0.05, 0.1) is 0 Å². The monoisotopic (exact) mass is 191 g/mol. The van der Waals surface area contributed by atoms with Crippen LogP contribution in [0.1, 0.15) is 21.0 Å². The molecule has 0 radical (unpaired) electrons. The lowest BCUT2D eigenvalue weighted by molar-refractivity contribution is 0.0686. The molecule has 0 aliphatic heterocycles. The van der Waals surface area contributed by atoms with E-state index in [-0.39, 0.29) is 11.4 Å². The highest BCUT2D eigenvalue weighted by molar-refractivity contribution is 5.86. The molecule has 0 unspecified atom stereocenters. The predicted molar refractivity (Wildman–Crippen MR) is 45.3 cm³/mol. The van der Waals surface area contributed by atoms with Gasteiger partial charge in [-0.2, -0.15) is 5.10 Å². The molecule has 6 heteroatoms. The summed E-state index contributed by atoms with van der Waals surface area (Å²) in [5.74, 6) is -1.11. The van der Waals surface area contributed by atoms with Crippen molar-refractivity contribution in [3.63, 3.8) is 0 Å². The number of aromatic nitrogens is 3. The molecule has 6 nitrogen and oxygen atoms in total. The van der Waals surface area contributed by atoms with Crippen LogP contribution in [-0.2, 0) is 0 Å². The van der Waals surface area contributed by atoms with Gasteiger partial charge in [0.2, 0.25) is 0 Å². The van der Waals surface area contributed by atoms with Crippen LogP contribution in [0.25, 0.3) is 5.65 Å². The average Bonchev–Trinajstić information content (AvgIpc) is 2.59. The summed E-state index contributed by atoms with van der Waals surface area (Å²) in [5.41, 5.74) is 0.473. The molecule has 2 aromatic heterocycles. The number of nitrogens with zero attached hydrogens (tertiary/aromatic N) is 3. The second kappa shape index (κ2) is 2.91. The lowest BCUT2D eigenvalue weighted by atomic mass is 10.4. The molecular formula is C8H5N3O3. The number of carboxylic acids is 1. The van der Waals surface area contributed by atoms with Gasteiger partial charge in [-0.1, -0.05) is 0 Å². The largest absolute Gasteiger partial charge is 0.477 e. The minimum atomic E-state index is -1.11. The molecule has 2 heterocycles. The molecule has 0 aliphatic rings. The van der Waals surface area contributed by atoms with Crippen molar-refractivity contribution in [1.82, 2.24) is 14.6 Å². The molecule has 0 aromatic carbocycles. The minimum Gasteiger partial charge on any atom is -0.477 e. The SMILES string of the molecule is O=Cc1cc2nccc(C(=O)O)n2n1. The van der Waals surface area contributed by atoms with E-state index in [2.05, 4.69) is 10.1 Å². The van der Waals surface area contributed by atoms with Crippen molar-refractivity contribution in [2.75, 3.05) is 0 Å². The van der Waals surface area contributed by atoms with Gasteiger partial charge in [0.15, 0.2) is 17.6 Å². The molecule has 0 spiro atoms. The predicted octanol–water partition coefficient (Wildman–Crippen LogP) is 0.240. The summed E-state index contributed by atoms with van der Waals surface area (Å²) in [6.07, 6.45) is 1.90. The summed E-state index contributed by atoms with van der Waals surface area (Å²) < 4.78 is 1.12. The Morgan fingerprint density at radius 2 is 2.36 bits per heavy atom. The summed E-state index contributed by atoms with van der Waals surface area (Å²) >= 11 is 0. The number of hydrogen-bond donors (Lipinski definition) is 1. The molecule has 70 valence electrons. The number of carboxylic acid groups (broad SMARTS) is 1. The number of aldehydes is 1. The number of carbonyl (C=O) groups excluding carboxylic acids is 1. The van der Waals surface area contributed by atoms with Crippen molar-refractivity contribution in [3.8, 4) is 0 Å². The Kier molecular flexibility index (Phi) is 1.74. The number of carbonyl (C=O) groups is 2. The van der Waals surface area contributed by atoms with Gasteiger partial charge in [-0.3, -0.25) is 4.79 Å². The van der Waals surface area contributed by atoms with Crippen LogP contribution in [0.4, 0.5) is 0 Å². The van der Waals surface area contributed by atoms with E-state index in [4.69, 9.17) is 5.11 Å². The zero-order chi connectivity index (χ0) is 10.1. The summed E-state index contributed by atoms with van der Waals surface area (Å²) in [6.45, 7) is 0. The molecule has 2 rings (SSSR count). The number of rotatable bonds is 2. The first kappa shape index (κ1) is 8.36. The number of aromatic carboxylic acids is 1. The Labute approximate surface area is 77.8 Å². The van der Waals surface area contributed by atoms with Gasteiger partial charge >= 0.3 is 5.97 Å². The van der Waals surface area contributed by atoms with Gasteiger partial charge in [-0.05, 0) is 6.07 Å². The lowest BCUT2D eigenvalue weighted by Crippen LogP contribution is -2.06. The average molecular weight is 191 g/mol. The molecule has 0 atom stereocenters. The normalized spacial score (nSPS) is 10.3. The van der Waals surface area contributed by atoms with E-state index in [1.54, 1.807) is 0 Å². The third kappa shape index (κ3) is 1.13. The second-order valence-corrected chi connectivity index (χ2v) is 2.59. The van der Waals surface area contributed by atoms with E-state index in [1.807, 2.05) is 0 Å². The van der Waals surface area contributed by atoms with Gasteiger partial charge in [0, 0.05) is 12.3 Å². The first-order chi connectivity index (χ1) is 6.72. The second-order valence-electron chi connectivity index (χ2n) is 2.59. The highest BCUT2D eigenvalue weighted by Gasteiger charge is 2.10. The van der Waals surface area contributed by atoms with Crippen LogP contribution < -0.4 is 0 Å². The van der Waals surface area contributed by atoms with Gasteiger partial charge in [-0.25, -0.2) is 14.3 Å². The van der Waals surface area contributed by atoms with Gasteiger partial charge < -0.3 is 5.11 Å². The maximum Gasteiger partial charge on any atom is 0.354 e. The lowest BCUT2D eigenvalue weighted by Gasteiger charge is -1.96. The maximum absolute atomic E-state index is 10.7. The Morgan fingerprint density at radius 1 is 1.57 bits per heavy atom. The van der Waals surface area contributed by atoms with Crippen LogP contribution in [0.5, 0.6) is 0 Å². The number of hydrogen-bond acceptors (Lipinski definition) is 4. The van der Waals surface area contributed by atoms with Crippen molar-refractivity contribution >= 4 is 17.9 Å². The molecule has 14 heavy (non-hydrogen) atoms. The van der Waals surface area contributed by atoms with Crippen molar-refractivity contribution in [1.29, 1.82) is 0 Å². The molecule has 0 saturated carbocycles. The van der Waals surface area contributed by atoms with Crippen molar-refractivity contribution in [2.45, 2.75) is 0 Å². The standard InChI is InChI=1S/C8H5N3O3/c12-4-5-3-7-9-2-1-6(8(13)14)11(7)10-5/h1-4H,(H,13,14). The van der Waals surface area contributed by atoms with Gasteiger partial charge in [-0.15, -0.1) is 0 Å². The smallest absolute Gasteiger partial charge is 0.354 e. The minimum absolute atomic E-state index is 0.0249. The number of fused-ring (bicyclic) bond motifs is 1. The van der Waals surface area contributed by atoms with E-state index < -0.39 is 5.97 Å². The molecule has 0 bridgehead atoms. The molecule has 1 N–H and O–H groups in total. The van der Waals surface area contributed by atoms with E-state index in [0.29, 0.717) is 11.9 Å². The highest BCUT2D eigenvalue weighted by Crippen LogP contribution is 2.05. The van der Waals surface area contributed by atoms with Crippen molar-refractivity contribution in [3.05, 3.63) is 29.7 Å². The van der Waals surface area contributed by atoms with Crippen molar-refractivity contribution < 1.29 is 14.7 Å². The zero-order valence-electron chi connectivity index (χ0n) is 6.91. The highest BCUT2D eigenvalue weighted by atomic mass is 16.4. The van der Waals surface area contributed by atoms with Gasteiger partial charge in [0.1, 0.15) is 5.69 Å². The fraction of sp³-hybridized carbons (Fsp3) is 0. The van der Waals surface area contributed by atoms with Crippen LogP contribution in [0.3, 0.4) is 0 Å². The fourth-order valence-electron chi connectivity index (χ4n) is 1.13. The summed E-state index contributed by atoms with van der Waals surface area (Å²) in [5, 5.41) is 12.5.